The molecule has 0 saturated carbocycles. The number of benzene rings is 2. The van der Waals surface area contributed by atoms with E-state index in [4.69, 9.17) is 23.6 Å². The fraction of sp³-hybridized carbons (Fsp3) is 0.477. The van der Waals surface area contributed by atoms with Crippen molar-refractivity contribution in [3.05, 3.63) is 72.3 Å². The second kappa shape index (κ2) is 18.2. The molecule has 2 aromatic carbocycles. The number of rotatable bonds is 13. The van der Waals surface area contributed by atoms with Gasteiger partial charge in [-0.2, -0.15) is 0 Å². The lowest BCUT2D eigenvalue weighted by atomic mass is 9.90. The molecule has 3 aromatic heterocycles. The van der Waals surface area contributed by atoms with Crippen LogP contribution in [0.2, 0.25) is 0 Å². The third kappa shape index (κ3) is 9.05. The van der Waals surface area contributed by atoms with Gasteiger partial charge >= 0.3 is 6.09 Å². The van der Waals surface area contributed by atoms with E-state index in [-0.39, 0.29) is 30.3 Å². The highest BCUT2D eigenvalue weighted by molar-refractivity contribution is 5.88. The van der Waals surface area contributed by atoms with Gasteiger partial charge in [-0.15, -0.1) is 0 Å². The normalized spacial score (nSPS) is 18.3. The predicted molar refractivity (Wildman–Crippen MR) is 217 cm³/mol. The van der Waals surface area contributed by atoms with Crippen molar-refractivity contribution in [2.75, 3.05) is 46.6 Å². The number of carbonyl (C=O) groups excluding carboxylic acids is 3. The van der Waals surface area contributed by atoms with Crippen LogP contribution in [-0.2, 0) is 30.3 Å². The molecule has 14 nitrogen and oxygen atoms in total. The van der Waals surface area contributed by atoms with Gasteiger partial charge in [-0.3, -0.25) is 9.59 Å². The number of ether oxygens (including phenoxy) is 3. The first-order valence-corrected chi connectivity index (χ1v) is 20.8. The minimum absolute atomic E-state index is 0.0728. The molecule has 5 aromatic rings. The number of fused-ring (bicyclic) bond motifs is 1. The van der Waals surface area contributed by atoms with E-state index in [2.05, 4.69) is 20.3 Å². The number of amides is 3. The molecule has 8 rings (SSSR count). The number of halogens is 1. The Balaban J connectivity index is 0.942. The van der Waals surface area contributed by atoms with E-state index >= 15 is 4.39 Å². The SMILES string of the molecule is CCCN(Cc1ncc(-c2ccc(-c3cc4cc(-c5cnc([C@@H]6CCCN6C(=O)CC6CCOCC6)[nH]5)ccc4o3)c(F)c2)[nH]1)C(=O)[C@@H](NC(=O)OC)C1CCOCC1. The Morgan fingerprint density at radius 3 is 2.44 bits per heavy atom. The van der Waals surface area contributed by atoms with E-state index in [1.807, 2.05) is 42.3 Å². The summed E-state index contributed by atoms with van der Waals surface area (Å²) in [6.07, 6.45) is 9.01. The third-order valence-electron chi connectivity index (χ3n) is 11.9. The van der Waals surface area contributed by atoms with Crippen molar-refractivity contribution in [3.8, 4) is 33.8 Å². The number of H-pyrrole nitrogens is 2. The second-order valence-corrected chi connectivity index (χ2v) is 15.8. The highest BCUT2D eigenvalue weighted by Gasteiger charge is 2.35. The highest BCUT2D eigenvalue weighted by Crippen LogP contribution is 2.36. The zero-order valence-corrected chi connectivity index (χ0v) is 33.6. The van der Waals surface area contributed by atoms with E-state index in [9.17, 15) is 14.4 Å². The standard InChI is InChI=1S/C44H52FN7O7/c1-3-14-51(43(54)41(50-44(55)56-2)28-12-18-58-19-13-28)26-39-46-24-34(48-39)30-6-8-32(33(45)22-30)38-23-31-21-29(7-9-37(31)59-38)35-25-47-42(49-35)36-5-4-15-52(36)40(53)20-27-10-16-57-17-11-27/h6-9,21-25,27-28,36,41H,3-5,10-20,26H2,1-2H3,(H,46,48)(H,47,49)(H,50,55)/t36-,41-/m0/s1. The molecule has 3 fully saturated rings. The van der Waals surface area contributed by atoms with Crippen LogP contribution in [0.5, 0.6) is 0 Å². The molecular weight excluding hydrogens is 758 g/mol. The Kier molecular flexibility index (Phi) is 12.4. The molecular formula is C44H52FN7O7. The van der Waals surface area contributed by atoms with Gasteiger partial charge in [-0.25, -0.2) is 19.2 Å². The molecule has 3 saturated heterocycles. The second-order valence-electron chi connectivity index (χ2n) is 15.8. The van der Waals surface area contributed by atoms with Gasteiger partial charge in [0.2, 0.25) is 11.8 Å². The Hall–Kier alpha value is -5.54. The number of methoxy groups -OCH3 is 1. The predicted octanol–water partition coefficient (Wildman–Crippen LogP) is 7.39. The molecule has 312 valence electrons. The molecule has 59 heavy (non-hydrogen) atoms. The van der Waals surface area contributed by atoms with Crippen LogP contribution in [0.3, 0.4) is 0 Å². The first kappa shape index (κ1) is 40.2. The quantitative estimate of drug-likeness (QED) is 0.110. The molecule has 0 unspecified atom stereocenters. The lowest BCUT2D eigenvalue weighted by molar-refractivity contribution is -0.136. The molecule has 2 atom stereocenters. The van der Waals surface area contributed by atoms with Crippen molar-refractivity contribution >= 4 is 28.9 Å². The zero-order valence-electron chi connectivity index (χ0n) is 33.6. The van der Waals surface area contributed by atoms with Crippen LogP contribution in [0.25, 0.3) is 44.8 Å². The number of hydrogen-bond donors (Lipinski definition) is 3. The summed E-state index contributed by atoms with van der Waals surface area (Å²) in [5, 5.41) is 3.57. The summed E-state index contributed by atoms with van der Waals surface area (Å²) >= 11 is 0. The fourth-order valence-corrected chi connectivity index (χ4v) is 8.66. The maximum absolute atomic E-state index is 15.8. The van der Waals surface area contributed by atoms with Gasteiger partial charge in [0, 0.05) is 62.5 Å². The smallest absolute Gasteiger partial charge is 0.407 e. The third-order valence-corrected chi connectivity index (χ3v) is 11.9. The highest BCUT2D eigenvalue weighted by atomic mass is 19.1. The number of nitrogens with one attached hydrogen (secondary N) is 3. The number of furan rings is 1. The number of carbonyl (C=O) groups is 3. The van der Waals surface area contributed by atoms with Gasteiger partial charge in [0.15, 0.2) is 0 Å². The van der Waals surface area contributed by atoms with Crippen molar-refractivity contribution in [3.63, 3.8) is 0 Å². The monoisotopic (exact) mass is 809 g/mol. The van der Waals surface area contributed by atoms with Crippen molar-refractivity contribution in [2.45, 2.75) is 76.9 Å². The molecule has 15 heteroatoms. The van der Waals surface area contributed by atoms with E-state index in [1.165, 1.54) is 13.2 Å². The molecule has 6 heterocycles. The topological polar surface area (TPSA) is 168 Å². The van der Waals surface area contributed by atoms with Gasteiger partial charge in [0.1, 0.15) is 34.9 Å². The van der Waals surface area contributed by atoms with Gasteiger partial charge in [0.25, 0.3) is 0 Å². The molecule has 0 radical (unpaired) electrons. The van der Waals surface area contributed by atoms with E-state index in [1.54, 1.807) is 23.2 Å². The van der Waals surface area contributed by atoms with Crippen LogP contribution in [0, 0.1) is 17.7 Å². The number of hydrogen-bond acceptors (Lipinski definition) is 9. The minimum Gasteiger partial charge on any atom is -0.456 e. The van der Waals surface area contributed by atoms with Crippen LogP contribution in [0.1, 0.15) is 76.0 Å². The largest absolute Gasteiger partial charge is 0.456 e. The summed E-state index contributed by atoms with van der Waals surface area (Å²) in [4.78, 5) is 59.0. The van der Waals surface area contributed by atoms with Crippen LogP contribution >= 0.6 is 0 Å². The van der Waals surface area contributed by atoms with Crippen LogP contribution in [0.4, 0.5) is 9.18 Å². The Morgan fingerprint density at radius 2 is 1.68 bits per heavy atom. The van der Waals surface area contributed by atoms with E-state index in [0.29, 0.717) is 85.3 Å². The average Bonchev–Trinajstić information content (AvgIpc) is 4.10. The number of alkyl carbamates (subject to hydrolysis) is 1. The number of aromatic amines is 2. The number of aromatic nitrogens is 4. The van der Waals surface area contributed by atoms with Gasteiger partial charge in [0.05, 0.1) is 49.0 Å². The molecule has 3 aliphatic rings. The Bertz CT molecular complexity index is 2260. The Labute approximate surface area is 342 Å². The Morgan fingerprint density at radius 1 is 0.949 bits per heavy atom. The minimum atomic E-state index is -0.754. The van der Waals surface area contributed by atoms with Crippen molar-refractivity contribution < 1.29 is 37.4 Å². The summed E-state index contributed by atoms with van der Waals surface area (Å²) in [5.74, 6) is 1.53. The summed E-state index contributed by atoms with van der Waals surface area (Å²) in [7, 11) is 1.28. The van der Waals surface area contributed by atoms with E-state index < -0.39 is 18.0 Å². The molecule has 0 aliphatic carbocycles. The van der Waals surface area contributed by atoms with Gasteiger partial charge < -0.3 is 43.7 Å². The summed E-state index contributed by atoms with van der Waals surface area (Å²) in [6.45, 7) is 5.87. The molecule has 3 amide bonds. The summed E-state index contributed by atoms with van der Waals surface area (Å²) in [6, 6.07) is 11.7. The lowest BCUT2D eigenvalue weighted by Gasteiger charge is -2.33. The molecule has 3 N–H and O–H groups in total. The van der Waals surface area contributed by atoms with Gasteiger partial charge in [-0.1, -0.05) is 13.0 Å². The maximum Gasteiger partial charge on any atom is 0.407 e. The average molecular weight is 810 g/mol. The number of imidazole rings is 2. The first-order valence-electron chi connectivity index (χ1n) is 20.8. The molecule has 0 spiro atoms. The maximum atomic E-state index is 15.8. The van der Waals surface area contributed by atoms with Crippen molar-refractivity contribution in [1.29, 1.82) is 0 Å². The number of nitrogens with zero attached hydrogens (tertiary/aromatic N) is 4. The van der Waals surface area contributed by atoms with E-state index in [0.717, 1.165) is 67.9 Å². The van der Waals surface area contributed by atoms with Gasteiger partial charge in [-0.05, 0) is 93.2 Å². The van der Waals surface area contributed by atoms with Crippen molar-refractivity contribution in [1.82, 2.24) is 35.1 Å². The van der Waals surface area contributed by atoms with Crippen LogP contribution in [-0.4, -0.2) is 100 Å². The van der Waals surface area contributed by atoms with Crippen molar-refractivity contribution in [2.24, 2.45) is 11.8 Å². The fourth-order valence-electron chi connectivity index (χ4n) is 8.66. The molecule has 3 aliphatic heterocycles. The summed E-state index contributed by atoms with van der Waals surface area (Å²) in [5.41, 5.74) is 3.87. The zero-order chi connectivity index (χ0) is 40.9. The molecule has 0 bridgehead atoms. The van der Waals surface area contributed by atoms with Crippen LogP contribution < -0.4 is 5.32 Å². The first-order chi connectivity index (χ1) is 28.8. The summed E-state index contributed by atoms with van der Waals surface area (Å²) < 4.78 is 37.8. The lowest BCUT2D eigenvalue weighted by Crippen LogP contribution is -2.53. The van der Waals surface area contributed by atoms with Crippen LogP contribution in [0.15, 0.2) is 59.3 Å². The number of likely N-dealkylation sites (tertiary alicyclic amines) is 1.